The van der Waals surface area contributed by atoms with Gasteiger partial charge in [-0.3, -0.25) is 0 Å². The van der Waals surface area contributed by atoms with Gasteiger partial charge in [-0.15, -0.1) is 0 Å². The van der Waals surface area contributed by atoms with Gasteiger partial charge in [-0.1, -0.05) is 20.3 Å². The number of aliphatic hydroxyl groups excluding tert-OH is 1. The lowest BCUT2D eigenvalue weighted by molar-refractivity contribution is -0.152. The van der Waals surface area contributed by atoms with E-state index in [4.69, 9.17) is 5.11 Å². The normalized spacial score (nSPS) is 15.6. The molecule has 0 bridgehead atoms. The molecule has 0 aromatic carbocycles. The van der Waals surface area contributed by atoms with Crippen molar-refractivity contribution in [3.05, 3.63) is 0 Å². The van der Waals surface area contributed by atoms with Gasteiger partial charge in [0.2, 0.25) is 0 Å². The molecule has 0 saturated carbocycles. The molecule has 0 saturated heterocycles. The highest BCUT2D eigenvalue weighted by atomic mass is 16.7. The summed E-state index contributed by atoms with van der Waals surface area (Å²) in [6, 6.07) is 0. The van der Waals surface area contributed by atoms with Crippen molar-refractivity contribution >= 4 is 5.97 Å². The van der Waals surface area contributed by atoms with E-state index in [1.807, 2.05) is 13.8 Å². The number of carbonyl (C=O) groups excluding carboxylic acids is 1. The van der Waals surface area contributed by atoms with Crippen molar-refractivity contribution < 1.29 is 14.7 Å². The van der Waals surface area contributed by atoms with Crippen LogP contribution >= 0.6 is 0 Å². The van der Waals surface area contributed by atoms with Gasteiger partial charge in [0.25, 0.3) is 0 Å². The Morgan fingerprint density at radius 3 is 2.55 bits per heavy atom. The molecular weight excluding hydrogens is 146 g/mol. The molecule has 0 aromatic rings. The van der Waals surface area contributed by atoms with E-state index in [0.29, 0.717) is 0 Å². The lowest BCUT2D eigenvalue weighted by Gasteiger charge is -2.16. The van der Waals surface area contributed by atoms with Gasteiger partial charge < -0.3 is 9.94 Å². The molecule has 3 N–H and O–H groups in total. The van der Waals surface area contributed by atoms with Crippen LogP contribution < -0.4 is 5.90 Å². The van der Waals surface area contributed by atoms with Crippen molar-refractivity contribution in [2.24, 2.45) is 17.7 Å². The molecule has 4 nitrogen and oxygen atoms in total. The van der Waals surface area contributed by atoms with Crippen LogP contribution in [0.1, 0.15) is 20.3 Å². The Labute approximate surface area is 66.3 Å². The van der Waals surface area contributed by atoms with Gasteiger partial charge in [0.05, 0.1) is 12.5 Å². The van der Waals surface area contributed by atoms with Gasteiger partial charge in [0, 0.05) is 0 Å². The molecule has 4 heteroatoms. The fraction of sp³-hybridized carbons (Fsp3) is 0.857. The second-order valence-corrected chi connectivity index (χ2v) is 2.61. The molecule has 0 amide bonds. The Hall–Kier alpha value is -0.610. The van der Waals surface area contributed by atoms with Gasteiger partial charge in [-0.2, -0.15) is 5.90 Å². The maximum Gasteiger partial charge on any atom is 0.330 e. The molecule has 0 radical (unpaired) electrons. The Balaban J connectivity index is 4.03. The van der Waals surface area contributed by atoms with E-state index in [-0.39, 0.29) is 12.5 Å². The highest BCUT2D eigenvalue weighted by Crippen LogP contribution is 2.15. The minimum absolute atomic E-state index is 0.107. The summed E-state index contributed by atoms with van der Waals surface area (Å²) < 4.78 is 0. The molecule has 0 fully saturated rings. The summed E-state index contributed by atoms with van der Waals surface area (Å²) in [6.07, 6.45) is 0.820. The van der Waals surface area contributed by atoms with Crippen LogP contribution in [-0.4, -0.2) is 17.7 Å². The topological polar surface area (TPSA) is 72.5 Å². The fourth-order valence-electron chi connectivity index (χ4n) is 0.859. The Kier molecular flexibility index (Phi) is 4.81. The third kappa shape index (κ3) is 2.86. The first kappa shape index (κ1) is 10.4. The molecule has 2 atom stereocenters. The molecule has 0 aromatic heterocycles. The molecule has 0 spiro atoms. The van der Waals surface area contributed by atoms with E-state index >= 15 is 0 Å². The molecule has 0 aliphatic rings. The van der Waals surface area contributed by atoms with Gasteiger partial charge in [-0.05, 0) is 5.92 Å². The van der Waals surface area contributed by atoms with Gasteiger partial charge in [0.15, 0.2) is 0 Å². The van der Waals surface area contributed by atoms with Crippen LogP contribution in [0, 0.1) is 11.8 Å². The lowest BCUT2D eigenvalue weighted by atomic mass is 9.93. The number of hydrogen-bond donors (Lipinski definition) is 2. The van der Waals surface area contributed by atoms with E-state index in [9.17, 15) is 4.79 Å². The molecule has 0 aliphatic heterocycles. The first-order chi connectivity index (χ1) is 5.17. The van der Waals surface area contributed by atoms with Gasteiger partial charge >= 0.3 is 5.97 Å². The average Bonchev–Trinajstić information content (AvgIpc) is 2.05. The van der Waals surface area contributed by atoms with Crippen molar-refractivity contribution in [2.75, 3.05) is 6.61 Å². The molecule has 1 unspecified atom stereocenters. The highest BCUT2D eigenvalue weighted by molar-refractivity contribution is 5.72. The minimum atomic E-state index is -0.540. The number of nitrogens with two attached hydrogens (primary N) is 1. The van der Waals surface area contributed by atoms with Crippen LogP contribution in [0.4, 0.5) is 0 Å². The first-order valence-electron chi connectivity index (χ1n) is 3.68. The molecule has 0 heterocycles. The highest BCUT2D eigenvalue weighted by Gasteiger charge is 2.23. The standard InChI is InChI=1S/C7H15NO3/c1-3-5(2)6(4-9)7(10)11-8/h5-6,9H,3-4,8H2,1-2H3/t5?,6-/m0/s1. The maximum atomic E-state index is 10.8. The Morgan fingerprint density at radius 1 is 1.73 bits per heavy atom. The third-order valence-corrected chi connectivity index (χ3v) is 1.95. The SMILES string of the molecule is CCC(C)[C@H](CO)C(=O)ON. The second kappa shape index (κ2) is 5.09. The van der Waals surface area contributed by atoms with Gasteiger partial charge in [-0.25, -0.2) is 4.79 Å². The van der Waals surface area contributed by atoms with Crippen molar-refractivity contribution in [3.8, 4) is 0 Å². The summed E-state index contributed by atoms with van der Waals surface area (Å²) in [5.74, 6) is 3.77. The molecular formula is C7H15NO3. The fourth-order valence-corrected chi connectivity index (χ4v) is 0.859. The van der Waals surface area contributed by atoms with Crippen molar-refractivity contribution in [2.45, 2.75) is 20.3 Å². The Bertz CT molecular complexity index is 127. The zero-order valence-corrected chi connectivity index (χ0v) is 6.91. The van der Waals surface area contributed by atoms with E-state index in [1.54, 1.807) is 0 Å². The van der Waals surface area contributed by atoms with Crippen LogP contribution in [0.2, 0.25) is 0 Å². The maximum absolute atomic E-state index is 10.8. The summed E-state index contributed by atoms with van der Waals surface area (Å²) in [4.78, 5) is 14.9. The van der Waals surface area contributed by atoms with E-state index in [2.05, 4.69) is 10.7 Å². The lowest BCUT2D eigenvalue weighted by Crippen LogP contribution is -2.29. The predicted octanol–water partition coefficient (Wildman–Crippen LogP) is 0.0579. The predicted molar refractivity (Wildman–Crippen MR) is 40.3 cm³/mol. The van der Waals surface area contributed by atoms with Crippen LogP contribution in [0.3, 0.4) is 0 Å². The van der Waals surface area contributed by atoms with Crippen LogP contribution in [0.15, 0.2) is 0 Å². The molecule has 11 heavy (non-hydrogen) atoms. The monoisotopic (exact) mass is 161 g/mol. The average molecular weight is 161 g/mol. The van der Waals surface area contributed by atoms with E-state index < -0.39 is 11.9 Å². The summed E-state index contributed by atoms with van der Waals surface area (Å²) in [6.45, 7) is 3.61. The number of aliphatic hydroxyl groups is 1. The van der Waals surface area contributed by atoms with Crippen LogP contribution in [0.5, 0.6) is 0 Å². The molecule has 0 aliphatic carbocycles. The number of carbonyl (C=O) groups is 1. The summed E-state index contributed by atoms with van der Waals surface area (Å²) in [5, 5.41) is 8.77. The summed E-state index contributed by atoms with van der Waals surface area (Å²) >= 11 is 0. The quantitative estimate of drug-likeness (QED) is 0.572. The van der Waals surface area contributed by atoms with Crippen LogP contribution in [0.25, 0.3) is 0 Å². The summed E-state index contributed by atoms with van der Waals surface area (Å²) in [5.41, 5.74) is 0. The first-order valence-corrected chi connectivity index (χ1v) is 3.68. The zero-order chi connectivity index (χ0) is 8.85. The minimum Gasteiger partial charge on any atom is -0.395 e. The zero-order valence-electron chi connectivity index (χ0n) is 6.91. The van der Waals surface area contributed by atoms with Crippen molar-refractivity contribution in [1.29, 1.82) is 0 Å². The number of rotatable bonds is 4. The summed E-state index contributed by atoms with van der Waals surface area (Å²) in [7, 11) is 0. The van der Waals surface area contributed by atoms with Crippen molar-refractivity contribution in [3.63, 3.8) is 0 Å². The molecule has 0 rings (SSSR count). The van der Waals surface area contributed by atoms with Gasteiger partial charge in [0.1, 0.15) is 0 Å². The van der Waals surface area contributed by atoms with Crippen molar-refractivity contribution in [1.82, 2.24) is 0 Å². The van der Waals surface area contributed by atoms with Crippen LogP contribution in [-0.2, 0) is 9.63 Å². The number of hydrogen-bond acceptors (Lipinski definition) is 4. The smallest absolute Gasteiger partial charge is 0.330 e. The largest absolute Gasteiger partial charge is 0.395 e. The molecule has 66 valence electrons. The Morgan fingerprint density at radius 2 is 2.27 bits per heavy atom. The third-order valence-electron chi connectivity index (χ3n) is 1.95. The van der Waals surface area contributed by atoms with E-state index in [1.165, 1.54) is 0 Å². The second-order valence-electron chi connectivity index (χ2n) is 2.61. The van der Waals surface area contributed by atoms with E-state index in [0.717, 1.165) is 6.42 Å².